The lowest BCUT2D eigenvalue weighted by atomic mass is 9.79. The maximum Gasteiger partial charge on any atom is 0.400 e. The Bertz CT molecular complexity index is 2460. The Kier molecular flexibility index (Phi) is 15.6. The van der Waals surface area contributed by atoms with Crippen molar-refractivity contribution < 1.29 is 39.9 Å². The number of nitrogens with two attached hydrogens (primary N) is 1. The highest BCUT2D eigenvalue weighted by atomic mass is 35.7. The summed E-state index contributed by atoms with van der Waals surface area (Å²) in [7, 11) is 1.31. The summed E-state index contributed by atoms with van der Waals surface area (Å²) >= 11 is 26.6. The number of aliphatic hydroxyl groups excluding tert-OH is 1. The standard InChI is InChI=1S/C19H16Cl2F3N3S.C19H15Cl2F3N2OS.CH3ClO2S.H3N/c20-13-6-12(7-14(21)8-13)18(19(22,23)24)4-5-27(10-18)17-26-15-3-1-2-11(9-25)16(15)28-17;20-13-6-12(7-14(21)8-13)18(19(22,23)24)4-5-26(10-18)17-25-15-3-1-2-11(9-27)16(15)28-17;1-5(2,3)4;/h1-3,6-8H,4-5,9-10,25H2;1-3,6-8,27H,4-5,9-10H2;1H3;1H3. The highest BCUT2D eigenvalue weighted by Gasteiger charge is 2.60. The van der Waals surface area contributed by atoms with Crippen LogP contribution in [0.25, 0.3) is 20.4 Å². The number of aromatic nitrogens is 2. The number of aliphatic hydroxyl groups is 1. The molecule has 8 rings (SSSR count). The minimum Gasteiger partial charge on any atom is -0.392 e. The van der Waals surface area contributed by atoms with Crippen LogP contribution in [-0.4, -0.2) is 68.3 Å². The molecule has 0 radical (unpaired) electrons. The van der Waals surface area contributed by atoms with Gasteiger partial charge in [-0.2, -0.15) is 26.3 Å². The quantitative estimate of drug-likeness (QED) is 0.110. The molecule has 2 unspecified atom stereocenters. The minimum absolute atomic E-state index is 0. The van der Waals surface area contributed by atoms with Gasteiger partial charge in [0.05, 0.1) is 33.3 Å². The van der Waals surface area contributed by atoms with Gasteiger partial charge in [-0.1, -0.05) is 93.3 Å². The first kappa shape index (κ1) is 50.1. The fourth-order valence-electron chi connectivity index (χ4n) is 7.41. The number of thiazole rings is 2. The predicted octanol–water partition coefficient (Wildman–Crippen LogP) is 11.9. The number of rotatable bonds is 6. The summed E-state index contributed by atoms with van der Waals surface area (Å²) in [6.45, 7) is 0.157. The molecular weight excluding hydrogens is 988 g/mol. The average Bonchev–Trinajstić information content (AvgIpc) is 3.97. The summed E-state index contributed by atoms with van der Waals surface area (Å²) in [5.41, 5.74) is 4.88. The van der Waals surface area contributed by atoms with Gasteiger partial charge >= 0.3 is 12.4 Å². The molecule has 4 heterocycles. The Hall–Kier alpha value is -2.88. The van der Waals surface area contributed by atoms with E-state index in [1.54, 1.807) is 28.0 Å². The van der Waals surface area contributed by atoms with Crippen molar-refractivity contribution in [2.45, 2.75) is 49.2 Å². The van der Waals surface area contributed by atoms with E-state index < -0.39 is 32.2 Å². The van der Waals surface area contributed by atoms with E-state index in [4.69, 9.17) is 52.1 Å². The summed E-state index contributed by atoms with van der Waals surface area (Å²) in [5, 5.41) is 11.3. The molecule has 0 aliphatic carbocycles. The Morgan fingerprint density at radius 3 is 1.40 bits per heavy atom. The van der Waals surface area contributed by atoms with Gasteiger partial charge in [0.2, 0.25) is 9.05 Å². The molecule has 2 fully saturated rings. The predicted molar refractivity (Wildman–Crippen MR) is 241 cm³/mol. The number of alkyl halides is 6. The first-order valence-electron chi connectivity index (χ1n) is 18.0. The van der Waals surface area contributed by atoms with Crippen molar-refractivity contribution in [1.82, 2.24) is 16.1 Å². The molecular formula is C39H37Cl5F6N6O3S3. The molecule has 2 aliphatic heterocycles. The monoisotopic (exact) mass is 1020 g/mol. The maximum absolute atomic E-state index is 14.2. The number of hydrogen-bond acceptors (Lipinski definition) is 11. The minimum atomic E-state index is -4.47. The zero-order chi connectivity index (χ0) is 44.7. The Balaban J connectivity index is 0.000000208. The molecule has 6 N–H and O–H groups in total. The smallest absolute Gasteiger partial charge is 0.392 e. The van der Waals surface area contributed by atoms with Gasteiger partial charge < -0.3 is 26.8 Å². The molecule has 4 aromatic carbocycles. The molecule has 6 aromatic rings. The lowest BCUT2D eigenvalue weighted by Crippen LogP contribution is -2.44. The van der Waals surface area contributed by atoms with E-state index in [9.17, 15) is 39.9 Å². The fourth-order valence-corrected chi connectivity index (χ4v) is 10.7. The second-order valence-corrected chi connectivity index (χ2v) is 21.1. The van der Waals surface area contributed by atoms with Gasteiger partial charge in [0.1, 0.15) is 10.8 Å². The molecule has 0 bridgehead atoms. The van der Waals surface area contributed by atoms with Crippen molar-refractivity contribution in [3.63, 3.8) is 0 Å². The summed E-state index contributed by atoms with van der Waals surface area (Å²) in [4.78, 5) is 12.4. The average molecular weight is 1030 g/mol. The molecule has 0 amide bonds. The third-order valence-electron chi connectivity index (χ3n) is 10.4. The Morgan fingerprint density at radius 1 is 0.710 bits per heavy atom. The second-order valence-electron chi connectivity index (χ2n) is 14.4. The van der Waals surface area contributed by atoms with Crippen molar-refractivity contribution in [3.8, 4) is 0 Å². The highest BCUT2D eigenvalue weighted by molar-refractivity contribution is 8.13. The number of nitrogens with zero attached hydrogens (tertiary/aromatic N) is 4. The normalized spacial score (nSPS) is 19.3. The van der Waals surface area contributed by atoms with Crippen LogP contribution in [0, 0.1) is 0 Å². The van der Waals surface area contributed by atoms with Crippen molar-refractivity contribution in [2.75, 3.05) is 42.2 Å². The van der Waals surface area contributed by atoms with Gasteiger partial charge in [-0.05, 0) is 83.6 Å². The van der Waals surface area contributed by atoms with Crippen LogP contribution in [0.2, 0.25) is 20.1 Å². The number of halogens is 11. The zero-order valence-electron chi connectivity index (χ0n) is 32.3. The van der Waals surface area contributed by atoms with Gasteiger partial charge in [-0.25, -0.2) is 18.4 Å². The van der Waals surface area contributed by atoms with Crippen molar-refractivity contribution >= 4 is 120 Å². The highest BCUT2D eigenvalue weighted by Crippen LogP contribution is 2.52. The van der Waals surface area contributed by atoms with Gasteiger partial charge in [0.25, 0.3) is 0 Å². The molecule has 0 saturated carbocycles. The van der Waals surface area contributed by atoms with Crippen molar-refractivity contribution in [3.05, 3.63) is 115 Å². The summed E-state index contributed by atoms with van der Waals surface area (Å²) < 4.78 is 106. The van der Waals surface area contributed by atoms with E-state index in [0.29, 0.717) is 27.9 Å². The maximum atomic E-state index is 14.2. The summed E-state index contributed by atoms with van der Waals surface area (Å²) in [6.07, 6.45) is -8.20. The van der Waals surface area contributed by atoms with Crippen LogP contribution in [0.15, 0.2) is 72.8 Å². The molecule has 0 spiro atoms. The molecule has 2 aromatic heterocycles. The van der Waals surface area contributed by atoms with Gasteiger partial charge in [-0.3, -0.25) is 0 Å². The number of anilines is 2. The van der Waals surface area contributed by atoms with Crippen LogP contribution in [0.3, 0.4) is 0 Å². The third kappa shape index (κ3) is 10.8. The van der Waals surface area contributed by atoms with Gasteiger partial charge in [-0.15, -0.1) is 0 Å². The Morgan fingerprint density at radius 2 is 1.06 bits per heavy atom. The van der Waals surface area contributed by atoms with Crippen molar-refractivity contribution in [1.29, 1.82) is 0 Å². The lowest BCUT2D eigenvalue weighted by molar-refractivity contribution is -0.185. The Labute approximate surface area is 385 Å². The molecule has 62 heavy (non-hydrogen) atoms. The molecule has 2 saturated heterocycles. The van der Waals surface area contributed by atoms with Crippen LogP contribution in [0.5, 0.6) is 0 Å². The molecule has 2 aliphatic rings. The van der Waals surface area contributed by atoms with E-state index in [1.165, 1.54) is 59.1 Å². The number of benzene rings is 4. The molecule has 23 heteroatoms. The zero-order valence-corrected chi connectivity index (χ0v) is 38.5. The topological polar surface area (TPSA) is 148 Å². The largest absolute Gasteiger partial charge is 0.400 e. The van der Waals surface area contributed by atoms with Crippen LogP contribution in [0.4, 0.5) is 36.6 Å². The van der Waals surface area contributed by atoms with E-state index in [2.05, 4.69) is 20.7 Å². The molecule has 2 atom stereocenters. The number of hydrogen-bond donors (Lipinski definition) is 3. The number of fused-ring (bicyclic) bond motifs is 2. The van der Waals surface area contributed by atoms with E-state index in [1.807, 2.05) is 18.2 Å². The van der Waals surface area contributed by atoms with E-state index in [0.717, 1.165) is 26.7 Å². The summed E-state index contributed by atoms with van der Waals surface area (Å²) in [5.74, 6) is 0. The SMILES string of the molecule is CS(=O)(=O)Cl.N.NCc1cccc2nc(N3CCC(c4cc(Cl)cc(Cl)c4)(C(F)(F)F)C3)sc12.OCc1cccc2nc(N3CCC(c4cc(Cl)cc(Cl)c4)(C(F)(F)F)C3)sc12. The van der Waals surface area contributed by atoms with Crippen LogP contribution in [-0.2, 0) is 33.0 Å². The molecule has 9 nitrogen and oxygen atoms in total. The van der Waals surface area contributed by atoms with Gasteiger partial charge in [0.15, 0.2) is 10.3 Å². The first-order valence-corrected chi connectivity index (χ1v) is 23.9. The lowest BCUT2D eigenvalue weighted by Gasteiger charge is -2.32. The van der Waals surface area contributed by atoms with Crippen LogP contribution >= 0.6 is 79.8 Å². The van der Waals surface area contributed by atoms with Gasteiger partial charge in [0, 0.05) is 63.5 Å². The van der Waals surface area contributed by atoms with E-state index in [-0.39, 0.29) is 83.0 Å². The van der Waals surface area contributed by atoms with E-state index >= 15 is 0 Å². The van der Waals surface area contributed by atoms with Crippen LogP contribution < -0.4 is 21.7 Å². The summed E-state index contributed by atoms with van der Waals surface area (Å²) in [6, 6.07) is 19.2. The second kappa shape index (κ2) is 19.3. The first-order chi connectivity index (χ1) is 28.5. The third-order valence-corrected chi connectivity index (χ3v) is 13.6. The fraction of sp³-hybridized carbons (Fsp3) is 0.333. The van der Waals surface area contributed by atoms with Crippen molar-refractivity contribution in [2.24, 2.45) is 5.73 Å². The molecule has 336 valence electrons. The van der Waals surface area contributed by atoms with Crippen LogP contribution in [0.1, 0.15) is 35.1 Å².